The number of hydrogen-bond donors (Lipinski definition) is 1. The van der Waals surface area contributed by atoms with E-state index in [9.17, 15) is 19.5 Å². The Bertz CT molecular complexity index is 1230. The second-order valence-electron chi connectivity index (χ2n) is 7.67. The monoisotopic (exact) mass is 441 g/mol. The molecular weight excluding hydrogens is 418 g/mol. The largest absolute Gasteiger partial charge is 0.507 e. The number of ether oxygens (including phenoxy) is 1. The van der Waals surface area contributed by atoms with Crippen LogP contribution >= 0.6 is 0 Å². The van der Waals surface area contributed by atoms with Crippen molar-refractivity contribution >= 4 is 29.1 Å². The third-order valence-corrected chi connectivity index (χ3v) is 5.76. The average Bonchev–Trinajstić information content (AvgIpc) is 3.14. The molecule has 166 valence electrons. The van der Waals surface area contributed by atoms with E-state index in [2.05, 4.69) is 0 Å². The van der Waals surface area contributed by atoms with Gasteiger partial charge in [-0.25, -0.2) is 4.79 Å². The number of aliphatic hydroxyl groups is 1. The molecule has 1 heterocycles. The molecule has 1 fully saturated rings. The van der Waals surface area contributed by atoms with Crippen molar-refractivity contribution in [3.8, 4) is 0 Å². The third kappa shape index (κ3) is 4.03. The Balaban J connectivity index is 1.88. The summed E-state index contributed by atoms with van der Waals surface area (Å²) in [6.45, 7) is 2.04. The fraction of sp³-hybridized carbons (Fsp3) is 0.148. The van der Waals surface area contributed by atoms with Gasteiger partial charge in [-0.1, -0.05) is 61.5 Å². The lowest BCUT2D eigenvalue weighted by atomic mass is 9.94. The lowest BCUT2D eigenvalue weighted by Crippen LogP contribution is -2.29. The van der Waals surface area contributed by atoms with Crippen LogP contribution in [0.15, 0.2) is 84.4 Å². The van der Waals surface area contributed by atoms with E-state index in [4.69, 9.17) is 4.74 Å². The number of carbonyl (C=O) groups is 3. The van der Waals surface area contributed by atoms with Gasteiger partial charge in [-0.3, -0.25) is 14.5 Å². The highest BCUT2D eigenvalue weighted by molar-refractivity contribution is 6.51. The van der Waals surface area contributed by atoms with Crippen molar-refractivity contribution in [2.24, 2.45) is 0 Å². The predicted octanol–water partition coefficient (Wildman–Crippen LogP) is 4.66. The van der Waals surface area contributed by atoms with Crippen LogP contribution in [0.2, 0.25) is 0 Å². The Hall–Kier alpha value is -4.19. The van der Waals surface area contributed by atoms with E-state index in [1.807, 2.05) is 31.2 Å². The highest BCUT2D eigenvalue weighted by atomic mass is 16.5. The number of anilines is 1. The summed E-state index contributed by atoms with van der Waals surface area (Å²) in [6.07, 6.45) is 0.847. The number of aryl methyl sites for hydroxylation is 1. The smallest absolute Gasteiger partial charge is 0.337 e. The number of carbonyl (C=O) groups excluding carboxylic acids is 3. The van der Waals surface area contributed by atoms with Gasteiger partial charge < -0.3 is 9.84 Å². The minimum absolute atomic E-state index is 0.0208. The van der Waals surface area contributed by atoms with Crippen LogP contribution in [0.5, 0.6) is 0 Å². The van der Waals surface area contributed by atoms with Crippen LogP contribution in [0, 0.1) is 0 Å². The first-order valence-corrected chi connectivity index (χ1v) is 10.6. The maximum Gasteiger partial charge on any atom is 0.337 e. The van der Waals surface area contributed by atoms with E-state index in [-0.39, 0.29) is 11.3 Å². The third-order valence-electron chi connectivity index (χ3n) is 5.76. The molecule has 6 nitrogen and oxygen atoms in total. The Morgan fingerprint density at radius 2 is 1.55 bits per heavy atom. The predicted molar refractivity (Wildman–Crippen MR) is 125 cm³/mol. The van der Waals surface area contributed by atoms with Crippen molar-refractivity contribution in [2.45, 2.75) is 19.4 Å². The quantitative estimate of drug-likeness (QED) is 0.269. The topological polar surface area (TPSA) is 83.9 Å². The SMILES string of the molecule is CCc1ccc(C2/C(=C(\O)c3ccccc3)C(=O)C(=O)N2c2ccc(C(=O)OC)cc2)cc1. The van der Waals surface area contributed by atoms with Gasteiger partial charge in [0.15, 0.2) is 0 Å². The molecule has 1 aliphatic rings. The maximum atomic E-state index is 13.2. The molecule has 1 N–H and O–H groups in total. The summed E-state index contributed by atoms with van der Waals surface area (Å²) in [5.74, 6) is -2.24. The zero-order chi connectivity index (χ0) is 23.5. The Morgan fingerprint density at radius 1 is 0.909 bits per heavy atom. The zero-order valence-electron chi connectivity index (χ0n) is 18.3. The van der Waals surface area contributed by atoms with Gasteiger partial charge in [0.2, 0.25) is 0 Å². The summed E-state index contributed by atoms with van der Waals surface area (Å²) in [5.41, 5.74) is 3.04. The number of esters is 1. The van der Waals surface area contributed by atoms with E-state index in [1.165, 1.54) is 24.1 Å². The number of methoxy groups -OCH3 is 1. The van der Waals surface area contributed by atoms with Crippen LogP contribution in [0.3, 0.4) is 0 Å². The number of rotatable bonds is 5. The van der Waals surface area contributed by atoms with E-state index >= 15 is 0 Å². The molecule has 3 aromatic rings. The molecule has 0 bridgehead atoms. The summed E-state index contributed by atoms with van der Waals surface area (Å²) >= 11 is 0. The molecule has 0 radical (unpaired) electrons. The summed E-state index contributed by atoms with van der Waals surface area (Å²) in [4.78, 5) is 39.5. The fourth-order valence-corrected chi connectivity index (χ4v) is 3.98. The number of hydrogen-bond acceptors (Lipinski definition) is 5. The second-order valence-corrected chi connectivity index (χ2v) is 7.67. The summed E-state index contributed by atoms with van der Waals surface area (Å²) in [5, 5.41) is 11.1. The molecule has 4 rings (SSSR count). The van der Waals surface area contributed by atoms with Crippen molar-refractivity contribution in [1.82, 2.24) is 0 Å². The zero-order valence-corrected chi connectivity index (χ0v) is 18.3. The fourth-order valence-electron chi connectivity index (χ4n) is 3.98. The second kappa shape index (κ2) is 9.12. The van der Waals surface area contributed by atoms with Crippen LogP contribution in [-0.2, 0) is 20.7 Å². The molecule has 1 aliphatic heterocycles. The number of Topliss-reactive ketones (excluding diaryl/α,β-unsaturated/α-hetero) is 1. The Morgan fingerprint density at radius 3 is 2.12 bits per heavy atom. The number of amides is 1. The first-order valence-electron chi connectivity index (χ1n) is 10.6. The van der Waals surface area contributed by atoms with Crippen LogP contribution in [0.1, 0.15) is 40.0 Å². The molecule has 1 unspecified atom stereocenters. The van der Waals surface area contributed by atoms with E-state index < -0.39 is 23.7 Å². The molecule has 1 amide bonds. The lowest BCUT2D eigenvalue weighted by molar-refractivity contribution is -0.132. The minimum Gasteiger partial charge on any atom is -0.507 e. The van der Waals surface area contributed by atoms with Gasteiger partial charge in [0, 0.05) is 11.3 Å². The number of ketones is 1. The van der Waals surface area contributed by atoms with E-state index in [0.717, 1.165) is 12.0 Å². The van der Waals surface area contributed by atoms with Gasteiger partial charge in [-0.2, -0.15) is 0 Å². The van der Waals surface area contributed by atoms with Gasteiger partial charge in [-0.05, 0) is 41.8 Å². The lowest BCUT2D eigenvalue weighted by Gasteiger charge is -2.25. The normalized spacial score (nSPS) is 17.3. The Kier molecular flexibility index (Phi) is 6.09. The van der Waals surface area contributed by atoms with Crippen molar-refractivity contribution < 1.29 is 24.2 Å². The van der Waals surface area contributed by atoms with Crippen LogP contribution < -0.4 is 4.90 Å². The van der Waals surface area contributed by atoms with Gasteiger partial charge in [-0.15, -0.1) is 0 Å². The van der Waals surface area contributed by atoms with Gasteiger partial charge >= 0.3 is 5.97 Å². The molecule has 1 saturated heterocycles. The van der Waals surface area contributed by atoms with Gasteiger partial charge in [0.1, 0.15) is 5.76 Å². The van der Waals surface area contributed by atoms with Crippen LogP contribution in [0.4, 0.5) is 5.69 Å². The molecular formula is C27H23NO5. The molecule has 3 aromatic carbocycles. The average molecular weight is 441 g/mol. The number of aliphatic hydroxyl groups excluding tert-OH is 1. The van der Waals surface area contributed by atoms with Crippen molar-refractivity contribution in [2.75, 3.05) is 12.0 Å². The summed E-state index contributed by atoms with van der Waals surface area (Å²) < 4.78 is 4.74. The molecule has 0 spiro atoms. The minimum atomic E-state index is -0.819. The number of nitrogens with zero attached hydrogens (tertiary/aromatic N) is 1. The first kappa shape index (κ1) is 22.0. The molecule has 0 saturated carbocycles. The van der Waals surface area contributed by atoms with Crippen LogP contribution in [0.25, 0.3) is 5.76 Å². The summed E-state index contributed by atoms with van der Waals surface area (Å²) in [6, 6.07) is 21.7. The molecule has 1 atom stereocenters. The molecule has 0 aliphatic carbocycles. The highest BCUT2D eigenvalue weighted by Gasteiger charge is 2.46. The van der Waals surface area contributed by atoms with Crippen LogP contribution in [-0.4, -0.2) is 29.9 Å². The van der Waals surface area contributed by atoms with E-state index in [1.54, 1.807) is 42.5 Å². The van der Waals surface area contributed by atoms with Gasteiger partial charge in [0.25, 0.3) is 11.7 Å². The Labute approximate surface area is 191 Å². The van der Waals surface area contributed by atoms with Gasteiger partial charge in [0.05, 0.1) is 24.3 Å². The van der Waals surface area contributed by atoms with Crippen molar-refractivity contribution in [3.63, 3.8) is 0 Å². The highest BCUT2D eigenvalue weighted by Crippen LogP contribution is 2.42. The van der Waals surface area contributed by atoms with Crippen molar-refractivity contribution in [3.05, 3.63) is 107 Å². The maximum absolute atomic E-state index is 13.2. The molecule has 0 aromatic heterocycles. The first-order chi connectivity index (χ1) is 16.0. The van der Waals surface area contributed by atoms with Crippen molar-refractivity contribution in [1.29, 1.82) is 0 Å². The number of benzene rings is 3. The van der Waals surface area contributed by atoms with E-state index in [0.29, 0.717) is 22.4 Å². The molecule has 33 heavy (non-hydrogen) atoms. The standard InChI is InChI=1S/C27H23NO5/c1-3-17-9-11-18(12-10-17)23-22(24(29)19-7-5-4-6-8-19)25(30)26(31)28(23)21-15-13-20(14-16-21)27(32)33-2/h4-16,23,29H,3H2,1-2H3/b24-22+. The molecule has 6 heteroatoms. The summed E-state index contributed by atoms with van der Waals surface area (Å²) in [7, 11) is 1.29.